The van der Waals surface area contributed by atoms with Crippen LogP contribution in [0.5, 0.6) is 17.2 Å². The molecule has 3 nitrogen and oxygen atoms in total. The van der Waals surface area contributed by atoms with Gasteiger partial charge in [0.25, 0.3) is 0 Å². The average Bonchev–Trinajstić information content (AvgIpc) is 2.26. The van der Waals surface area contributed by atoms with Gasteiger partial charge in [0.2, 0.25) is 0 Å². The number of aryl methyl sites for hydroxylation is 1. The molecule has 0 aromatic heterocycles. The summed E-state index contributed by atoms with van der Waals surface area (Å²) < 4.78 is 5.25. The first-order chi connectivity index (χ1) is 7.63. The summed E-state index contributed by atoms with van der Waals surface area (Å²) in [5, 5.41) is 21.0. The molecule has 0 bridgehead atoms. The highest BCUT2D eigenvalue weighted by molar-refractivity contribution is 5.95. The van der Waals surface area contributed by atoms with Gasteiger partial charge in [-0.3, -0.25) is 0 Å². The number of fused-ring (bicyclic) bond motifs is 1. The van der Waals surface area contributed by atoms with Gasteiger partial charge < -0.3 is 14.9 Å². The summed E-state index contributed by atoms with van der Waals surface area (Å²) in [4.78, 5) is 0. The molecule has 84 valence electrons. The van der Waals surface area contributed by atoms with E-state index in [4.69, 9.17) is 4.74 Å². The van der Waals surface area contributed by atoms with Gasteiger partial charge in [0, 0.05) is 16.8 Å². The Morgan fingerprint density at radius 1 is 1.12 bits per heavy atom. The lowest BCUT2D eigenvalue weighted by molar-refractivity contribution is 0.318. The van der Waals surface area contributed by atoms with Crippen LogP contribution in [-0.4, -0.2) is 16.8 Å². The predicted octanol–water partition coefficient (Wildman–Crippen LogP) is 2.96. The molecule has 0 heterocycles. The second-order valence-electron chi connectivity index (χ2n) is 3.72. The van der Waals surface area contributed by atoms with Crippen LogP contribution < -0.4 is 4.74 Å². The van der Waals surface area contributed by atoms with Gasteiger partial charge >= 0.3 is 0 Å². The Labute approximate surface area is 93.9 Å². The standard InChI is InChI=1S/C13H14O3/c1-3-16-12-7-11(14)10-6-8(2)4-5-9(10)13(12)15/h4-7,14-15H,3H2,1-2H3. The van der Waals surface area contributed by atoms with Crippen molar-refractivity contribution in [1.29, 1.82) is 0 Å². The quantitative estimate of drug-likeness (QED) is 0.762. The molecule has 0 unspecified atom stereocenters. The van der Waals surface area contributed by atoms with Crippen molar-refractivity contribution in [2.75, 3.05) is 6.61 Å². The maximum atomic E-state index is 9.96. The highest BCUT2D eigenvalue weighted by Crippen LogP contribution is 2.40. The van der Waals surface area contributed by atoms with E-state index < -0.39 is 0 Å². The zero-order chi connectivity index (χ0) is 11.7. The second-order valence-corrected chi connectivity index (χ2v) is 3.72. The number of phenolic OH excluding ortho intramolecular Hbond substituents is 2. The Bertz CT molecular complexity index is 532. The van der Waals surface area contributed by atoms with Crippen LogP contribution in [0, 0.1) is 6.92 Å². The van der Waals surface area contributed by atoms with E-state index in [0.717, 1.165) is 5.56 Å². The summed E-state index contributed by atoms with van der Waals surface area (Å²) in [5.74, 6) is 0.519. The van der Waals surface area contributed by atoms with Crippen molar-refractivity contribution in [1.82, 2.24) is 0 Å². The molecule has 0 spiro atoms. The topological polar surface area (TPSA) is 49.7 Å². The summed E-state index contributed by atoms with van der Waals surface area (Å²) in [6.07, 6.45) is 0. The number of ether oxygens (including phenoxy) is 1. The minimum absolute atomic E-state index is 0.0784. The second kappa shape index (κ2) is 3.93. The third-order valence-electron chi connectivity index (χ3n) is 2.51. The zero-order valence-electron chi connectivity index (χ0n) is 9.32. The van der Waals surface area contributed by atoms with Crippen LogP contribution in [-0.2, 0) is 0 Å². The van der Waals surface area contributed by atoms with Crippen LogP contribution in [0.25, 0.3) is 10.8 Å². The highest BCUT2D eigenvalue weighted by Gasteiger charge is 2.11. The first-order valence-corrected chi connectivity index (χ1v) is 5.21. The van der Waals surface area contributed by atoms with Crippen LogP contribution >= 0.6 is 0 Å². The lowest BCUT2D eigenvalue weighted by Gasteiger charge is -2.10. The predicted molar refractivity (Wildman–Crippen MR) is 63.2 cm³/mol. The van der Waals surface area contributed by atoms with Crippen molar-refractivity contribution in [3.63, 3.8) is 0 Å². The lowest BCUT2D eigenvalue weighted by Crippen LogP contribution is -1.92. The van der Waals surface area contributed by atoms with E-state index in [1.165, 1.54) is 6.07 Å². The first kappa shape index (κ1) is 10.6. The molecule has 3 heteroatoms. The lowest BCUT2D eigenvalue weighted by atomic mass is 10.1. The van der Waals surface area contributed by atoms with Crippen LogP contribution in [0.1, 0.15) is 12.5 Å². The number of hydrogen-bond acceptors (Lipinski definition) is 3. The molecule has 2 aromatic carbocycles. The molecule has 0 radical (unpaired) electrons. The van der Waals surface area contributed by atoms with Gasteiger partial charge in [-0.05, 0) is 19.9 Å². The molecule has 0 atom stereocenters. The van der Waals surface area contributed by atoms with E-state index >= 15 is 0 Å². The summed E-state index contributed by atoms with van der Waals surface area (Å²) in [7, 11) is 0. The van der Waals surface area contributed by atoms with Gasteiger partial charge in [0.1, 0.15) is 5.75 Å². The monoisotopic (exact) mass is 218 g/mol. The SMILES string of the molecule is CCOc1cc(O)c2cc(C)ccc2c1O. The molecule has 0 aliphatic heterocycles. The van der Waals surface area contributed by atoms with Crippen molar-refractivity contribution < 1.29 is 14.9 Å². The third-order valence-corrected chi connectivity index (χ3v) is 2.51. The fourth-order valence-electron chi connectivity index (χ4n) is 1.75. The van der Waals surface area contributed by atoms with E-state index in [-0.39, 0.29) is 11.5 Å². The maximum absolute atomic E-state index is 9.96. The van der Waals surface area contributed by atoms with Crippen molar-refractivity contribution in [2.45, 2.75) is 13.8 Å². The van der Waals surface area contributed by atoms with Crippen LogP contribution in [0.3, 0.4) is 0 Å². The van der Waals surface area contributed by atoms with Gasteiger partial charge in [-0.2, -0.15) is 0 Å². The van der Waals surface area contributed by atoms with Gasteiger partial charge in [-0.15, -0.1) is 0 Å². The van der Waals surface area contributed by atoms with E-state index in [2.05, 4.69) is 0 Å². The smallest absolute Gasteiger partial charge is 0.165 e. The molecule has 0 aliphatic carbocycles. The fraction of sp³-hybridized carbons (Fsp3) is 0.231. The summed E-state index contributed by atoms with van der Waals surface area (Å²) >= 11 is 0. The minimum atomic E-state index is 0.0784. The van der Waals surface area contributed by atoms with E-state index in [0.29, 0.717) is 23.1 Å². The number of aromatic hydroxyl groups is 2. The fourth-order valence-corrected chi connectivity index (χ4v) is 1.75. The molecule has 2 aromatic rings. The molecular formula is C13H14O3. The van der Waals surface area contributed by atoms with E-state index in [1.54, 1.807) is 6.07 Å². The van der Waals surface area contributed by atoms with Crippen LogP contribution in [0.2, 0.25) is 0 Å². The minimum Gasteiger partial charge on any atom is -0.507 e. The van der Waals surface area contributed by atoms with Gasteiger partial charge in [-0.25, -0.2) is 0 Å². The molecular weight excluding hydrogens is 204 g/mol. The largest absolute Gasteiger partial charge is 0.507 e. The Morgan fingerprint density at radius 3 is 2.56 bits per heavy atom. The van der Waals surface area contributed by atoms with Crippen molar-refractivity contribution in [2.24, 2.45) is 0 Å². The summed E-state index contributed by atoms with van der Waals surface area (Å²) in [6.45, 7) is 4.21. The Hall–Kier alpha value is -1.90. The van der Waals surface area contributed by atoms with Crippen molar-refractivity contribution in [3.05, 3.63) is 29.8 Å². The third kappa shape index (κ3) is 1.65. The Kier molecular flexibility index (Phi) is 2.60. The number of benzene rings is 2. The Morgan fingerprint density at radius 2 is 1.88 bits per heavy atom. The van der Waals surface area contributed by atoms with E-state index in [1.807, 2.05) is 26.0 Å². The number of rotatable bonds is 2. The Balaban J connectivity index is 2.74. The normalized spacial score (nSPS) is 10.6. The van der Waals surface area contributed by atoms with Gasteiger partial charge in [-0.1, -0.05) is 17.7 Å². The molecule has 16 heavy (non-hydrogen) atoms. The molecule has 0 fully saturated rings. The van der Waals surface area contributed by atoms with Gasteiger partial charge in [0.15, 0.2) is 11.5 Å². The van der Waals surface area contributed by atoms with Crippen LogP contribution in [0.15, 0.2) is 24.3 Å². The number of hydrogen-bond donors (Lipinski definition) is 2. The molecule has 0 saturated carbocycles. The molecule has 0 aliphatic rings. The molecule has 2 N–H and O–H groups in total. The average molecular weight is 218 g/mol. The number of phenols is 2. The van der Waals surface area contributed by atoms with Gasteiger partial charge in [0.05, 0.1) is 6.61 Å². The first-order valence-electron chi connectivity index (χ1n) is 5.21. The summed E-state index contributed by atoms with van der Waals surface area (Å²) in [5.41, 5.74) is 1.03. The zero-order valence-corrected chi connectivity index (χ0v) is 9.32. The van der Waals surface area contributed by atoms with Crippen LogP contribution in [0.4, 0.5) is 0 Å². The van der Waals surface area contributed by atoms with Crippen molar-refractivity contribution in [3.8, 4) is 17.2 Å². The highest BCUT2D eigenvalue weighted by atomic mass is 16.5. The maximum Gasteiger partial charge on any atom is 0.165 e. The molecule has 2 rings (SSSR count). The molecule has 0 saturated heterocycles. The van der Waals surface area contributed by atoms with Crippen molar-refractivity contribution >= 4 is 10.8 Å². The molecule has 0 amide bonds. The van der Waals surface area contributed by atoms with E-state index in [9.17, 15) is 10.2 Å². The summed E-state index contributed by atoms with van der Waals surface area (Å²) in [6, 6.07) is 6.94.